The monoisotopic (exact) mass is 398 g/mol. The highest BCUT2D eigenvalue weighted by Gasteiger charge is 2.21. The highest BCUT2D eigenvalue weighted by atomic mass is 16.1. The summed E-state index contributed by atoms with van der Waals surface area (Å²) in [5.41, 5.74) is 8.48. The fourth-order valence-corrected chi connectivity index (χ4v) is 4.70. The predicted molar refractivity (Wildman–Crippen MR) is 127 cm³/mol. The number of benzene rings is 3. The molecule has 0 spiro atoms. The number of rotatable bonds is 4. The molecular weight excluding hydrogens is 368 g/mol. The first-order valence-electron chi connectivity index (χ1n) is 10.9. The highest BCUT2D eigenvalue weighted by molar-refractivity contribution is 6.09. The average molecular weight is 399 g/mol. The predicted octanol–water partition coefficient (Wildman–Crippen LogP) is 6.52. The number of carbonyl (C=O) groups is 1. The standard InChI is InChI=1S/C27H30N2O/c1-19-18-20(2)26(29-16-10-5-11-17-29)21(3)25(19)28-27(30)24-15-9-8-14-23(24)22-12-6-4-7-13-22/h4,6-9,12-15,18H,5,10-11,16-17H2,1-3H3,(H,28,30). The second kappa shape index (κ2) is 8.74. The van der Waals surface area contributed by atoms with Gasteiger partial charge in [0, 0.05) is 30.0 Å². The third-order valence-corrected chi connectivity index (χ3v) is 6.10. The number of anilines is 2. The number of carbonyl (C=O) groups excluding carboxylic acids is 1. The van der Waals surface area contributed by atoms with Crippen molar-refractivity contribution in [1.29, 1.82) is 0 Å². The zero-order valence-corrected chi connectivity index (χ0v) is 18.2. The van der Waals surface area contributed by atoms with Gasteiger partial charge in [0.1, 0.15) is 0 Å². The molecule has 154 valence electrons. The summed E-state index contributed by atoms with van der Waals surface area (Å²) < 4.78 is 0. The molecule has 1 aliphatic rings. The number of aryl methyl sites for hydroxylation is 2. The van der Waals surface area contributed by atoms with Crippen LogP contribution in [-0.2, 0) is 0 Å². The molecule has 3 nitrogen and oxygen atoms in total. The van der Waals surface area contributed by atoms with E-state index in [-0.39, 0.29) is 5.91 Å². The molecule has 0 atom stereocenters. The summed E-state index contributed by atoms with van der Waals surface area (Å²) in [4.78, 5) is 15.8. The SMILES string of the molecule is Cc1cc(C)c(N2CCCCC2)c(C)c1NC(=O)c1ccccc1-c1ccccc1. The summed E-state index contributed by atoms with van der Waals surface area (Å²) >= 11 is 0. The van der Waals surface area contributed by atoms with Crippen LogP contribution in [0.15, 0.2) is 60.7 Å². The van der Waals surface area contributed by atoms with Crippen LogP contribution in [0.25, 0.3) is 11.1 Å². The van der Waals surface area contributed by atoms with E-state index in [9.17, 15) is 4.79 Å². The van der Waals surface area contributed by atoms with Crippen molar-refractivity contribution in [2.24, 2.45) is 0 Å². The maximum Gasteiger partial charge on any atom is 0.256 e. The first-order valence-corrected chi connectivity index (χ1v) is 10.9. The van der Waals surface area contributed by atoms with Gasteiger partial charge in [-0.3, -0.25) is 4.79 Å². The normalized spacial score (nSPS) is 13.9. The molecule has 1 saturated heterocycles. The van der Waals surface area contributed by atoms with Crippen molar-refractivity contribution in [1.82, 2.24) is 0 Å². The molecule has 0 radical (unpaired) electrons. The minimum absolute atomic E-state index is 0.0610. The van der Waals surface area contributed by atoms with Gasteiger partial charge in [-0.1, -0.05) is 54.6 Å². The van der Waals surface area contributed by atoms with Gasteiger partial charge in [-0.2, -0.15) is 0 Å². The molecule has 1 amide bonds. The number of hydrogen-bond acceptors (Lipinski definition) is 2. The van der Waals surface area contributed by atoms with Gasteiger partial charge >= 0.3 is 0 Å². The molecule has 1 heterocycles. The van der Waals surface area contributed by atoms with Crippen LogP contribution in [0.4, 0.5) is 11.4 Å². The number of nitrogens with zero attached hydrogens (tertiary/aromatic N) is 1. The Labute approximate surface area is 179 Å². The summed E-state index contributed by atoms with van der Waals surface area (Å²) in [5.74, 6) is -0.0610. The summed E-state index contributed by atoms with van der Waals surface area (Å²) in [6.45, 7) is 8.59. The lowest BCUT2D eigenvalue weighted by Gasteiger charge is -2.33. The maximum absolute atomic E-state index is 13.4. The van der Waals surface area contributed by atoms with Crippen LogP contribution in [0.1, 0.15) is 46.3 Å². The van der Waals surface area contributed by atoms with E-state index in [0.29, 0.717) is 5.56 Å². The molecule has 0 saturated carbocycles. The van der Waals surface area contributed by atoms with E-state index in [1.54, 1.807) is 0 Å². The zero-order chi connectivity index (χ0) is 21.1. The minimum atomic E-state index is -0.0610. The lowest BCUT2D eigenvalue weighted by atomic mass is 9.97. The van der Waals surface area contributed by atoms with Crippen molar-refractivity contribution < 1.29 is 4.79 Å². The van der Waals surface area contributed by atoms with Crippen molar-refractivity contribution in [3.63, 3.8) is 0 Å². The molecule has 0 unspecified atom stereocenters. The Morgan fingerprint density at radius 2 is 1.50 bits per heavy atom. The second-order valence-electron chi connectivity index (χ2n) is 8.27. The largest absolute Gasteiger partial charge is 0.371 e. The van der Waals surface area contributed by atoms with Crippen LogP contribution >= 0.6 is 0 Å². The van der Waals surface area contributed by atoms with Crippen LogP contribution in [0.5, 0.6) is 0 Å². The smallest absolute Gasteiger partial charge is 0.256 e. The van der Waals surface area contributed by atoms with Gasteiger partial charge in [-0.05, 0) is 73.9 Å². The van der Waals surface area contributed by atoms with Crippen molar-refractivity contribution in [2.45, 2.75) is 40.0 Å². The van der Waals surface area contributed by atoms with Crippen LogP contribution in [0.2, 0.25) is 0 Å². The van der Waals surface area contributed by atoms with E-state index >= 15 is 0 Å². The summed E-state index contributed by atoms with van der Waals surface area (Å²) in [6.07, 6.45) is 3.78. The van der Waals surface area contributed by atoms with Crippen LogP contribution < -0.4 is 10.2 Å². The molecule has 3 aromatic rings. The molecule has 1 N–H and O–H groups in total. The third-order valence-electron chi connectivity index (χ3n) is 6.10. The van der Waals surface area contributed by atoms with Gasteiger partial charge in [-0.15, -0.1) is 0 Å². The molecule has 30 heavy (non-hydrogen) atoms. The van der Waals surface area contributed by atoms with E-state index in [0.717, 1.165) is 35.5 Å². The Morgan fingerprint density at radius 3 is 2.23 bits per heavy atom. The van der Waals surface area contributed by atoms with E-state index in [2.05, 4.69) is 37.1 Å². The summed E-state index contributed by atoms with van der Waals surface area (Å²) in [7, 11) is 0. The van der Waals surface area contributed by atoms with Crippen LogP contribution in [-0.4, -0.2) is 19.0 Å². The van der Waals surface area contributed by atoms with E-state index in [1.807, 2.05) is 54.6 Å². The molecule has 0 bridgehead atoms. The Kier molecular flexibility index (Phi) is 5.89. The number of piperidine rings is 1. The Morgan fingerprint density at radius 1 is 0.833 bits per heavy atom. The molecule has 3 heteroatoms. The van der Waals surface area contributed by atoms with Crippen molar-refractivity contribution in [2.75, 3.05) is 23.3 Å². The highest BCUT2D eigenvalue weighted by Crippen LogP contribution is 2.35. The van der Waals surface area contributed by atoms with E-state index < -0.39 is 0 Å². The van der Waals surface area contributed by atoms with Crippen molar-refractivity contribution in [3.05, 3.63) is 82.9 Å². The first-order chi connectivity index (χ1) is 14.6. The van der Waals surface area contributed by atoms with Gasteiger partial charge in [0.15, 0.2) is 0 Å². The van der Waals surface area contributed by atoms with E-state index in [4.69, 9.17) is 0 Å². The third kappa shape index (κ3) is 3.97. The summed E-state index contributed by atoms with van der Waals surface area (Å²) in [5, 5.41) is 3.25. The first kappa shape index (κ1) is 20.2. The Hall–Kier alpha value is -3.07. The van der Waals surface area contributed by atoms with Crippen LogP contribution in [0.3, 0.4) is 0 Å². The van der Waals surface area contributed by atoms with E-state index in [1.165, 1.54) is 36.1 Å². The van der Waals surface area contributed by atoms with Gasteiger partial charge in [-0.25, -0.2) is 0 Å². The topological polar surface area (TPSA) is 32.3 Å². The number of amides is 1. The maximum atomic E-state index is 13.4. The Balaban J connectivity index is 1.69. The minimum Gasteiger partial charge on any atom is -0.371 e. The molecule has 1 aliphatic heterocycles. The molecule has 0 aromatic heterocycles. The zero-order valence-electron chi connectivity index (χ0n) is 18.2. The van der Waals surface area contributed by atoms with Gasteiger partial charge in [0.2, 0.25) is 0 Å². The average Bonchev–Trinajstić information content (AvgIpc) is 2.78. The van der Waals surface area contributed by atoms with Crippen molar-refractivity contribution in [3.8, 4) is 11.1 Å². The molecule has 3 aromatic carbocycles. The Bertz CT molecular complexity index is 1050. The lowest BCUT2D eigenvalue weighted by Crippen LogP contribution is -2.31. The molecule has 4 rings (SSSR count). The number of nitrogens with one attached hydrogen (secondary N) is 1. The van der Waals surface area contributed by atoms with Crippen molar-refractivity contribution >= 4 is 17.3 Å². The molecule has 1 fully saturated rings. The quantitative estimate of drug-likeness (QED) is 0.542. The fourth-order valence-electron chi connectivity index (χ4n) is 4.70. The molecule has 0 aliphatic carbocycles. The van der Waals surface area contributed by atoms with Gasteiger partial charge < -0.3 is 10.2 Å². The number of hydrogen-bond donors (Lipinski definition) is 1. The van der Waals surface area contributed by atoms with Crippen LogP contribution in [0, 0.1) is 20.8 Å². The van der Waals surface area contributed by atoms with Gasteiger partial charge in [0.25, 0.3) is 5.91 Å². The molecular formula is C27H30N2O. The summed E-state index contributed by atoms with van der Waals surface area (Å²) in [6, 6.07) is 20.1. The lowest BCUT2D eigenvalue weighted by molar-refractivity contribution is 0.102. The second-order valence-corrected chi connectivity index (χ2v) is 8.27. The fraction of sp³-hybridized carbons (Fsp3) is 0.296. The van der Waals surface area contributed by atoms with Gasteiger partial charge in [0.05, 0.1) is 0 Å².